The van der Waals surface area contributed by atoms with E-state index in [-0.39, 0.29) is 11.8 Å². The Balaban J connectivity index is 1.78. The number of fused-ring (bicyclic) bond motifs is 1. The Labute approximate surface area is 127 Å². The largest absolute Gasteiger partial charge is 0.360 e. The summed E-state index contributed by atoms with van der Waals surface area (Å²) in [5.74, 6) is -0.305. The second-order valence-electron chi connectivity index (χ2n) is 4.96. The Morgan fingerprint density at radius 2 is 1.55 bits per heavy atom. The smallest absolute Gasteiger partial charge is 0.257 e. The summed E-state index contributed by atoms with van der Waals surface area (Å²) in [6.45, 7) is 1.45. The molecule has 0 fully saturated rings. The van der Waals surface area contributed by atoms with Gasteiger partial charge in [0.05, 0.1) is 5.56 Å². The van der Waals surface area contributed by atoms with Gasteiger partial charge in [0.1, 0.15) is 0 Å². The molecule has 3 N–H and O–H groups in total. The summed E-state index contributed by atoms with van der Waals surface area (Å²) in [4.78, 5) is 26.4. The Morgan fingerprint density at radius 1 is 0.909 bits per heavy atom. The lowest BCUT2D eigenvalue weighted by Crippen LogP contribution is -2.11. The molecule has 5 heteroatoms. The van der Waals surface area contributed by atoms with Crippen molar-refractivity contribution in [2.24, 2.45) is 0 Å². The fourth-order valence-electron chi connectivity index (χ4n) is 2.30. The van der Waals surface area contributed by atoms with E-state index in [4.69, 9.17) is 0 Å². The molecule has 3 rings (SSSR count). The first-order valence-electron chi connectivity index (χ1n) is 6.88. The number of anilines is 2. The monoisotopic (exact) mass is 293 g/mol. The Hall–Kier alpha value is -3.08. The van der Waals surface area contributed by atoms with E-state index in [1.165, 1.54) is 6.92 Å². The minimum Gasteiger partial charge on any atom is -0.360 e. The minimum absolute atomic E-state index is 0.129. The minimum atomic E-state index is -0.176. The van der Waals surface area contributed by atoms with Gasteiger partial charge in [-0.25, -0.2) is 0 Å². The van der Waals surface area contributed by atoms with Gasteiger partial charge < -0.3 is 15.6 Å². The molecule has 0 aliphatic heterocycles. The van der Waals surface area contributed by atoms with E-state index < -0.39 is 0 Å². The molecule has 110 valence electrons. The van der Waals surface area contributed by atoms with Gasteiger partial charge in [-0.05, 0) is 30.3 Å². The van der Waals surface area contributed by atoms with Gasteiger partial charge in [-0.2, -0.15) is 0 Å². The van der Waals surface area contributed by atoms with E-state index in [1.54, 1.807) is 30.5 Å². The van der Waals surface area contributed by atoms with Crippen LogP contribution in [-0.2, 0) is 4.79 Å². The predicted molar refractivity (Wildman–Crippen MR) is 87.0 cm³/mol. The zero-order valence-electron chi connectivity index (χ0n) is 12.0. The van der Waals surface area contributed by atoms with E-state index in [0.29, 0.717) is 16.9 Å². The second-order valence-corrected chi connectivity index (χ2v) is 4.96. The van der Waals surface area contributed by atoms with Crippen LogP contribution in [0.4, 0.5) is 11.4 Å². The maximum Gasteiger partial charge on any atom is 0.257 e. The maximum atomic E-state index is 12.4. The molecule has 0 radical (unpaired) electrons. The van der Waals surface area contributed by atoms with E-state index in [9.17, 15) is 9.59 Å². The molecule has 0 bridgehead atoms. The molecule has 2 aromatic carbocycles. The maximum absolute atomic E-state index is 12.4. The van der Waals surface area contributed by atoms with Gasteiger partial charge in [0, 0.05) is 35.4 Å². The van der Waals surface area contributed by atoms with Crippen LogP contribution in [-0.4, -0.2) is 16.8 Å². The van der Waals surface area contributed by atoms with Crippen LogP contribution >= 0.6 is 0 Å². The highest BCUT2D eigenvalue weighted by Gasteiger charge is 2.11. The Morgan fingerprint density at radius 3 is 2.23 bits per heavy atom. The second kappa shape index (κ2) is 5.73. The molecule has 0 spiro atoms. The van der Waals surface area contributed by atoms with Crippen molar-refractivity contribution in [1.82, 2.24) is 4.98 Å². The fourth-order valence-corrected chi connectivity index (χ4v) is 2.30. The van der Waals surface area contributed by atoms with Crippen molar-refractivity contribution < 1.29 is 9.59 Å². The number of carbonyl (C=O) groups is 2. The van der Waals surface area contributed by atoms with Crippen LogP contribution in [0.25, 0.3) is 10.9 Å². The molecule has 0 saturated heterocycles. The fraction of sp³-hybridized carbons (Fsp3) is 0.0588. The molecule has 0 saturated carbocycles. The molecule has 2 amide bonds. The molecule has 22 heavy (non-hydrogen) atoms. The van der Waals surface area contributed by atoms with E-state index in [2.05, 4.69) is 15.6 Å². The lowest BCUT2D eigenvalue weighted by molar-refractivity contribution is -0.114. The third-order valence-electron chi connectivity index (χ3n) is 3.30. The van der Waals surface area contributed by atoms with Crippen molar-refractivity contribution in [3.63, 3.8) is 0 Å². The number of para-hydroxylation sites is 1. The quantitative estimate of drug-likeness (QED) is 0.692. The van der Waals surface area contributed by atoms with Crippen LogP contribution in [0.15, 0.2) is 54.7 Å². The highest BCUT2D eigenvalue weighted by molar-refractivity contribution is 6.12. The summed E-state index contributed by atoms with van der Waals surface area (Å²) in [5, 5.41) is 6.41. The van der Waals surface area contributed by atoms with Crippen LogP contribution in [0.3, 0.4) is 0 Å². The third kappa shape index (κ3) is 2.83. The number of rotatable bonds is 3. The molecule has 0 aliphatic carbocycles. The van der Waals surface area contributed by atoms with Crippen molar-refractivity contribution in [3.8, 4) is 0 Å². The first kappa shape index (κ1) is 13.9. The SMILES string of the molecule is CC(=O)Nc1ccc(NC(=O)c2c[nH]c3ccccc23)cc1. The van der Waals surface area contributed by atoms with Crippen LogP contribution in [0.1, 0.15) is 17.3 Å². The van der Waals surface area contributed by atoms with Crippen LogP contribution in [0.2, 0.25) is 0 Å². The number of aromatic nitrogens is 1. The topological polar surface area (TPSA) is 74.0 Å². The first-order chi connectivity index (χ1) is 10.6. The molecule has 1 aromatic heterocycles. The molecule has 5 nitrogen and oxygen atoms in total. The highest BCUT2D eigenvalue weighted by Crippen LogP contribution is 2.20. The average molecular weight is 293 g/mol. The van der Waals surface area contributed by atoms with Crippen molar-refractivity contribution in [2.45, 2.75) is 6.92 Å². The van der Waals surface area contributed by atoms with Crippen LogP contribution in [0, 0.1) is 0 Å². The van der Waals surface area contributed by atoms with E-state index in [1.807, 2.05) is 24.3 Å². The van der Waals surface area contributed by atoms with Gasteiger partial charge >= 0.3 is 0 Å². The van der Waals surface area contributed by atoms with Crippen molar-refractivity contribution >= 4 is 34.1 Å². The molecule has 0 unspecified atom stereocenters. The van der Waals surface area contributed by atoms with Crippen molar-refractivity contribution in [3.05, 3.63) is 60.3 Å². The van der Waals surface area contributed by atoms with Gasteiger partial charge in [-0.15, -0.1) is 0 Å². The zero-order valence-corrected chi connectivity index (χ0v) is 12.0. The number of H-pyrrole nitrogens is 1. The van der Waals surface area contributed by atoms with Crippen molar-refractivity contribution in [1.29, 1.82) is 0 Å². The number of benzene rings is 2. The molecular weight excluding hydrogens is 278 g/mol. The summed E-state index contributed by atoms with van der Waals surface area (Å²) >= 11 is 0. The number of nitrogens with one attached hydrogen (secondary N) is 3. The molecule has 0 aliphatic rings. The van der Waals surface area contributed by atoms with Crippen LogP contribution < -0.4 is 10.6 Å². The first-order valence-corrected chi connectivity index (χ1v) is 6.88. The van der Waals surface area contributed by atoms with E-state index >= 15 is 0 Å². The van der Waals surface area contributed by atoms with E-state index in [0.717, 1.165) is 10.9 Å². The summed E-state index contributed by atoms with van der Waals surface area (Å²) in [5.41, 5.74) is 2.89. The number of hydrogen-bond donors (Lipinski definition) is 3. The lowest BCUT2D eigenvalue weighted by Gasteiger charge is -2.06. The number of aromatic amines is 1. The normalized spacial score (nSPS) is 10.4. The summed E-state index contributed by atoms with van der Waals surface area (Å²) < 4.78 is 0. The number of hydrogen-bond acceptors (Lipinski definition) is 2. The van der Waals surface area contributed by atoms with Gasteiger partial charge in [-0.1, -0.05) is 18.2 Å². The summed E-state index contributed by atoms with van der Waals surface area (Å²) in [7, 11) is 0. The highest BCUT2D eigenvalue weighted by atomic mass is 16.2. The van der Waals surface area contributed by atoms with Crippen molar-refractivity contribution in [2.75, 3.05) is 10.6 Å². The summed E-state index contributed by atoms with van der Waals surface area (Å²) in [6, 6.07) is 14.6. The van der Waals surface area contributed by atoms with Crippen LogP contribution in [0.5, 0.6) is 0 Å². The summed E-state index contributed by atoms with van der Waals surface area (Å²) in [6.07, 6.45) is 1.70. The Bertz CT molecular complexity index is 834. The predicted octanol–water partition coefficient (Wildman–Crippen LogP) is 3.38. The molecule has 0 atom stereocenters. The molecule has 3 aromatic rings. The number of carbonyl (C=O) groups excluding carboxylic acids is 2. The van der Waals surface area contributed by atoms with Gasteiger partial charge in [0.15, 0.2) is 0 Å². The average Bonchev–Trinajstić information content (AvgIpc) is 2.93. The lowest BCUT2D eigenvalue weighted by atomic mass is 10.1. The number of amides is 2. The standard InChI is InChI=1S/C17H15N3O2/c1-11(21)19-12-6-8-13(9-7-12)20-17(22)15-10-18-16-5-3-2-4-14(15)16/h2-10,18H,1H3,(H,19,21)(H,20,22). The zero-order chi connectivity index (χ0) is 15.5. The molecular formula is C17H15N3O2. The van der Waals surface area contributed by atoms with Gasteiger partial charge in [-0.3, -0.25) is 9.59 Å². The molecule has 1 heterocycles. The van der Waals surface area contributed by atoms with Gasteiger partial charge in [0.25, 0.3) is 5.91 Å². The third-order valence-corrected chi connectivity index (χ3v) is 3.30. The van der Waals surface area contributed by atoms with Gasteiger partial charge in [0.2, 0.25) is 5.91 Å². The Kier molecular flexibility index (Phi) is 3.62.